The zero-order chi connectivity index (χ0) is 14.0. The van der Waals surface area contributed by atoms with Crippen molar-refractivity contribution in [2.75, 3.05) is 11.1 Å². The molecule has 0 unspecified atom stereocenters. The molecule has 3 N–H and O–H groups in total. The van der Waals surface area contributed by atoms with Gasteiger partial charge in [0.2, 0.25) is 5.91 Å². The normalized spacial score (nSPS) is 23.1. The van der Waals surface area contributed by atoms with Gasteiger partial charge in [0.25, 0.3) is 0 Å². The number of nitrogen functional groups attached to an aromatic ring is 1. The van der Waals surface area contributed by atoms with Crippen LogP contribution in [0.1, 0.15) is 43.7 Å². The van der Waals surface area contributed by atoms with Gasteiger partial charge >= 0.3 is 0 Å². The standard InChI is InChI=1S/C16H24N2O/c1-10-4-6-13(7-5-10)16(19)18-15-9-11(2)14(17)8-12(15)3/h8-10,13H,4-7,17H2,1-3H3,(H,18,19). The molecule has 1 aliphatic rings. The van der Waals surface area contributed by atoms with Crippen LogP contribution < -0.4 is 11.1 Å². The lowest BCUT2D eigenvalue weighted by Crippen LogP contribution is -2.27. The van der Waals surface area contributed by atoms with E-state index < -0.39 is 0 Å². The Morgan fingerprint density at radius 2 is 1.79 bits per heavy atom. The molecule has 0 bridgehead atoms. The molecule has 19 heavy (non-hydrogen) atoms. The molecule has 1 saturated carbocycles. The second kappa shape index (κ2) is 5.64. The molecule has 1 aromatic carbocycles. The quantitative estimate of drug-likeness (QED) is 0.797. The minimum Gasteiger partial charge on any atom is -0.399 e. The summed E-state index contributed by atoms with van der Waals surface area (Å²) in [5.41, 5.74) is 9.58. The summed E-state index contributed by atoms with van der Waals surface area (Å²) in [6, 6.07) is 3.89. The number of hydrogen-bond acceptors (Lipinski definition) is 2. The summed E-state index contributed by atoms with van der Waals surface area (Å²) >= 11 is 0. The molecule has 0 spiro atoms. The molecule has 0 aromatic heterocycles. The number of nitrogens with two attached hydrogens (primary N) is 1. The molecule has 104 valence electrons. The summed E-state index contributed by atoms with van der Waals surface area (Å²) in [7, 11) is 0. The molecule has 0 heterocycles. The summed E-state index contributed by atoms with van der Waals surface area (Å²) in [6.07, 6.45) is 4.36. The summed E-state index contributed by atoms with van der Waals surface area (Å²) < 4.78 is 0. The molecule has 2 rings (SSSR count). The Morgan fingerprint density at radius 3 is 2.42 bits per heavy atom. The molecule has 3 heteroatoms. The summed E-state index contributed by atoms with van der Waals surface area (Å²) in [4.78, 5) is 12.3. The third kappa shape index (κ3) is 3.28. The molecule has 1 aromatic rings. The molecule has 0 radical (unpaired) electrons. The van der Waals surface area contributed by atoms with Crippen LogP contribution >= 0.6 is 0 Å². The first kappa shape index (κ1) is 13.9. The third-order valence-electron chi connectivity index (χ3n) is 4.26. The van der Waals surface area contributed by atoms with Crippen LogP contribution in [-0.4, -0.2) is 5.91 Å². The van der Waals surface area contributed by atoms with Gasteiger partial charge in [0.05, 0.1) is 0 Å². The van der Waals surface area contributed by atoms with Gasteiger partial charge in [0.1, 0.15) is 0 Å². The number of hydrogen-bond donors (Lipinski definition) is 2. The van der Waals surface area contributed by atoms with Crippen molar-refractivity contribution in [1.29, 1.82) is 0 Å². The molecule has 3 nitrogen and oxygen atoms in total. The Bertz CT molecular complexity index is 474. The van der Waals surface area contributed by atoms with Gasteiger partial charge in [0.15, 0.2) is 0 Å². The Labute approximate surface area is 115 Å². The number of anilines is 2. The molecule has 0 saturated heterocycles. The fraction of sp³-hybridized carbons (Fsp3) is 0.562. The molecule has 1 amide bonds. The van der Waals surface area contributed by atoms with Crippen LogP contribution in [0.2, 0.25) is 0 Å². The van der Waals surface area contributed by atoms with Crippen molar-refractivity contribution in [3.05, 3.63) is 23.3 Å². The Morgan fingerprint density at radius 1 is 1.16 bits per heavy atom. The molecule has 1 aliphatic carbocycles. The zero-order valence-electron chi connectivity index (χ0n) is 12.1. The lowest BCUT2D eigenvalue weighted by atomic mass is 9.82. The average Bonchev–Trinajstić information content (AvgIpc) is 2.36. The van der Waals surface area contributed by atoms with Crippen LogP contribution in [0, 0.1) is 25.7 Å². The minimum atomic E-state index is 0.166. The van der Waals surface area contributed by atoms with Gasteiger partial charge in [-0.3, -0.25) is 4.79 Å². The number of rotatable bonds is 2. The van der Waals surface area contributed by atoms with Crippen molar-refractivity contribution < 1.29 is 4.79 Å². The maximum absolute atomic E-state index is 12.3. The van der Waals surface area contributed by atoms with E-state index in [0.717, 1.165) is 54.1 Å². The summed E-state index contributed by atoms with van der Waals surface area (Å²) in [5, 5.41) is 3.07. The van der Waals surface area contributed by atoms with Gasteiger partial charge < -0.3 is 11.1 Å². The molecule has 1 fully saturated rings. The Balaban J connectivity index is 2.05. The highest BCUT2D eigenvalue weighted by molar-refractivity contribution is 5.93. The maximum Gasteiger partial charge on any atom is 0.227 e. The SMILES string of the molecule is Cc1cc(NC(=O)C2CCC(C)CC2)c(C)cc1N. The van der Waals surface area contributed by atoms with Gasteiger partial charge in [-0.2, -0.15) is 0 Å². The maximum atomic E-state index is 12.3. The molecular formula is C16H24N2O. The van der Waals surface area contributed by atoms with Crippen LogP contribution in [-0.2, 0) is 4.79 Å². The zero-order valence-corrected chi connectivity index (χ0v) is 12.1. The van der Waals surface area contributed by atoms with Gasteiger partial charge in [-0.25, -0.2) is 0 Å². The highest BCUT2D eigenvalue weighted by atomic mass is 16.1. The second-order valence-electron chi connectivity index (χ2n) is 5.97. The van der Waals surface area contributed by atoms with E-state index >= 15 is 0 Å². The van der Waals surface area contributed by atoms with Crippen LogP contribution in [0.15, 0.2) is 12.1 Å². The second-order valence-corrected chi connectivity index (χ2v) is 5.97. The fourth-order valence-electron chi connectivity index (χ4n) is 2.73. The van der Waals surface area contributed by atoms with Crippen LogP contribution in [0.4, 0.5) is 11.4 Å². The molecule has 0 aliphatic heterocycles. The highest BCUT2D eigenvalue weighted by Crippen LogP contribution is 2.30. The van der Waals surface area contributed by atoms with Crippen molar-refractivity contribution in [2.45, 2.75) is 46.5 Å². The number of carbonyl (C=O) groups excluding carboxylic acids is 1. The van der Waals surface area contributed by atoms with Crippen LogP contribution in [0.3, 0.4) is 0 Å². The lowest BCUT2D eigenvalue weighted by Gasteiger charge is -2.25. The van der Waals surface area contributed by atoms with E-state index in [0.29, 0.717) is 0 Å². The van der Waals surface area contributed by atoms with Gasteiger partial charge in [0, 0.05) is 17.3 Å². The number of nitrogens with one attached hydrogen (secondary N) is 1. The molecular weight excluding hydrogens is 236 g/mol. The van der Waals surface area contributed by atoms with Gasteiger partial charge in [-0.05, 0) is 68.7 Å². The van der Waals surface area contributed by atoms with E-state index in [1.165, 1.54) is 0 Å². The predicted octanol–water partition coefficient (Wildman–Crippen LogP) is 3.65. The molecule has 0 atom stereocenters. The summed E-state index contributed by atoms with van der Waals surface area (Å²) in [5.74, 6) is 1.11. The van der Waals surface area contributed by atoms with E-state index in [4.69, 9.17) is 5.73 Å². The number of benzene rings is 1. The van der Waals surface area contributed by atoms with E-state index in [-0.39, 0.29) is 11.8 Å². The lowest BCUT2D eigenvalue weighted by molar-refractivity contribution is -0.121. The first-order valence-electron chi connectivity index (χ1n) is 7.15. The fourth-order valence-corrected chi connectivity index (χ4v) is 2.73. The number of carbonyl (C=O) groups is 1. The van der Waals surface area contributed by atoms with E-state index in [2.05, 4.69) is 12.2 Å². The largest absolute Gasteiger partial charge is 0.399 e. The smallest absolute Gasteiger partial charge is 0.227 e. The van der Waals surface area contributed by atoms with Gasteiger partial charge in [-0.15, -0.1) is 0 Å². The minimum absolute atomic E-state index is 0.166. The van der Waals surface area contributed by atoms with Crippen molar-refractivity contribution in [3.8, 4) is 0 Å². The highest BCUT2D eigenvalue weighted by Gasteiger charge is 2.24. The number of aryl methyl sites for hydroxylation is 2. The predicted molar refractivity (Wildman–Crippen MR) is 80.1 cm³/mol. The van der Waals surface area contributed by atoms with Crippen LogP contribution in [0.5, 0.6) is 0 Å². The van der Waals surface area contributed by atoms with Crippen molar-refractivity contribution in [1.82, 2.24) is 0 Å². The first-order valence-corrected chi connectivity index (χ1v) is 7.15. The average molecular weight is 260 g/mol. The van der Waals surface area contributed by atoms with Crippen LogP contribution in [0.25, 0.3) is 0 Å². The monoisotopic (exact) mass is 260 g/mol. The summed E-state index contributed by atoms with van der Waals surface area (Å²) in [6.45, 7) is 6.21. The third-order valence-corrected chi connectivity index (χ3v) is 4.26. The van der Waals surface area contributed by atoms with E-state index in [1.807, 2.05) is 26.0 Å². The van der Waals surface area contributed by atoms with E-state index in [9.17, 15) is 4.79 Å². The van der Waals surface area contributed by atoms with Crippen molar-refractivity contribution >= 4 is 17.3 Å². The first-order chi connectivity index (χ1) is 8.97. The van der Waals surface area contributed by atoms with E-state index in [1.54, 1.807) is 0 Å². The number of amides is 1. The van der Waals surface area contributed by atoms with Crippen molar-refractivity contribution in [2.24, 2.45) is 11.8 Å². The van der Waals surface area contributed by atoms with Crippen molar-refractivity contribution in [3.63, 3.8) is 0 Å². The Hall–Kier alpha value is -1.51. The Kier molecular flexibility index (Phi) is 4.13. The topological polar surface area (TPSA) is 55.1 Å². The van der Waals surface area contributed by atoms with Gasteiger partial charge in [-0.1, -0.05) is 6.92 Å².